The van der Waals surface area contributed by atoms with E-state index in [4.69, 9.17) is 4.74 Å². The molecule has 4 rings (SSSR count). The molecule has 1 fully saturated rings. The molecule has 2 amide bonds. The summed E-state index contributed by atoms with van der Waals surface area (Å²) in [5.74, 6) is 0.624. The molecule has 0 aromatic carbocycles. The van der Waals surface area contributed by atoms with Crippen LogP contribution in [0.2, 0.25) is 0 Å². The summed E-state index contributed by atoms with van der Waals surface area (Å²) in [6.07, 6.45) is 6.06. The van der Waals surface area contributed by atoms with Crippen LogP contribution in [0.15, 0.2) is 48.9 Å². The minimum absolute atomic E-state index is 0.0937. The highest BCUT2D eigenvalue weighted by atomic mass is 16.5. The average Bonchev–Trinajstić information content (AvgIpc) is 3.27. The number of anilines is 1. The Morgan fingerprint density at radius 3 is 3.00 bits per heavy atom. The zero-order chi connectivity index (χ0) is 19.3. The fraction of sp³-hybridized carbons (Fsp3) is 0.368. The van der Waals surface area contributed by atoms with Crippen molar-refractivity contribution in [2.24, 2.45) is 7.05 Å². The van der Waals surface area contributed by atoms with Gasteiger partial charge < -0.3 is 9.64 Å². The SMILES string of the molecule is Cn1nc(-c2ccccn2)cc1NC(=O)N1CCCO[C@@H](Cn2cccn2)C1. The fourth-order valence-electron chi connectivity index (χ4n) is 3.22. The van der Waals surface area contributed by atoms with Crippen molar-refractivity contribution in [3.8, 4) is 11.4 Å². The van der Waals surface area contributed by atoms with Crippen molar-refractivity contribution in [1.29, 1.82) is 0 Å². The Hall–Kier alpha value is -3.20. The van der Waals surface area contributed by atoms with Crippen molar-refractivity contribution < 1.29 is 9.53 Å². The van der Waals surface area contributed by atoms with E-state index in [9.17, 15) is 4.79 Å². The summed E-state index contributed by atoms with van der Waals surface area (Å²) in [5, 5.41) is 11.6. The molecule has 3 aromatic rings. The standard InChI is InChI=1S/C19H23N7O2/c1-24-18(12-17(23-24)16-6-2-3-7-20-16)22-19(27)25-9-5-11-28-15(13-25)14-26-10-4-8-21-26/h2-4,6-8,10,12,15H,5,9,11,13-14H2,1H3,(H,22,27)/t15-/m1/s1. The number of hydrogen-bond donors (Lipinski definition) is 1. The van der Waals surface area contributed by atoms with Crippen LogP contribution in [0.4, 0.5) is 10.6 Å². The Morgan fingerprint density at radius 2 is 2.21 bits per heavy atom. The number of hydrogen-bond acceptors (Lipinski definition) is 5. The predicted molar refractivity (Wildman–Crippen MR) is 104 cm³/mol. The van der Waals surface area contributed by atoms with Crippen molar-refractivity contribution in [2.75, 3.05) is 25.0 Å². The van der Waals surface area contributed by atoms with E-state index in [1.54, 1.807) is 29.0 Å². The topological polar surface area (TPSA) is 90.1 Å². The van der Waals surface area contributed by atoms with Crippen molar-refractivity contribution in [3.05, 3.63) is 48.9 Å². The first kappa shape index (κ1) is 18.2. The number of pyridine rings is 1. The van der Waals surface area contributed by atoms with Crippen LogP contribution < -0.4 is 5.32 Å². The second-order valence-electron chi connectivity index (χ2n) is 6.70. The summed E-state index contributed by atoms with van der Waals surface area (Å²) in [5.41, 5.74) is 1.48. The molecule has 9 heteroatoms. The van der Waals surface area contributed by atoms with E-state index in [1.807, 2.05) is 41.2 Å². The third-order valence-electron chi connectivity index (χ3n) is 4.63. The monoisotopic (exact) mass is 381 g/mol. The van der Waals surface area contributed by atoms with Gasteiger partial charge in [0.25, 0.3) is 0 Å². The smallest absolute Gasteiger partial charge is 0.323 e. The van der Waals surface area contributed by atoms with E-state index >= 15 is 0 Å². The number of rotatable bonds is 4. The summed E-state index contributed by atoms with van der Waals surface area (Å²) in [7, 11) is 1.80. The van der Waals surface area contributed by atoms with E-state index in [0.29, 0.717) is 37.8 Å². The summed E-state index contributed by atoms with van der Waals surface area (Å²) in [4.78, 5) is 18.9. The van der Waals surface area contributed by atoms with E-state index in [1.165, 1.54) is 0 Å². The van der Waals surface area contributed by atoms with E-state index in [2.05, 4.69) is 20.5 Å². The minimum atomic E-state index is -0.161. The maximum Gasteiger partial charge on any atom is 0.323 e. The van der Waals surface area contributed by atoms with Gasteiger partial charge in [0, 0.05) is 44.9 Å². The molecule has 1 N–H and O–H groups in total. The molecule has 146 valence electrons. The van der Waals surface area contributed by atoms with Gasteiger partial charge in [-0.3, -0.25) is 19.7 Å². The number of carbonyl (C=O) groups excluding carboxylic acids is 1. The van der Waals surface area contributed by atoms with Crippen LogP contribution in [0.1, 0.15) is 6.42 Å². The Labute approximate surface area is 162 Å². The van der Waals surface area contributed by atoms with Gasteiger partial charge >= 0.3 is 6.03 Å². The largest absolute Gasteiger partial charge is 0.374 e. The van der Waals surface area contributed by atoms with Crippen LogP contribution in [-0.4, -0.2) is 61.3 Å². The van der Waals surface area contributed by atoms with Crippen LogP contribution in [0.5, 0.6) is 0 Å². The Morgan fingerprint density at radius 1 is 1.29 bits per heavy atom. The van der Waals surface area contributed by atoms with Gasteiger partial charge in [-0.15, -0.1) is 0 Å². The summed E-state index contributed by atoms with van der Waals surface area (Å²) in [6.45, 7) is 2.40. The third-order valence-corrected chi connectivity index (χ3v) is 4.63. The third kappa shape index (κ3) is 4.20. The Bertz CT molecular complexity index is 908. The molecule has 0 radical (unpaired) electrons. The van der Waals surface area contributed by atoms with Gasteiger partial charge in [-0.05, 0) is 24.6 Å². The second kappa shape index (κ2) is 8.22. The fourth-order valence-corrected chi connectivity index (χ4v) is 3.22. The lowest BCUT2D eigenvalue weighted by Crippen LogP contribution is -2.41. The Kier molecular flexibility index (Phi) is 5.34. The zero-order valence-corrected chi connectivity index (χ0v) is 15.7. The summed E-state index contributed by atoms with van der Waals surface area (Å²) in [6, 6.07) is 9.20. The first-order chi connectivity index (χ1) is 13.7. The molecule has 0 unspecified atom stereocenters. The van der Waals surface area contributed by atoms with Gasteiger partial charge in [0.2, 0.25) is 0 Å². The van der Waals surface area contributed by atoms with Gasteiger partial charge in [0.05, 0.1) is 24.9 Å². The van der Waals surface area contributed by atoms with Crippen LogP contribution in [0, 0.1) is 0 Å². The highest BCUT2D eigenvalue weighted by molar-refractivity contribution is 5.89. The number of urea groups is 1. The number of carbonyl (C=O) groups is 1. The maximum atomic E-state index is 12.8. The molecule has 28 heavy (non-hydrogen) atoms. The predicted octanol–water partition coefficient (Wildman–Crippen LogP) is 2.00. The number of nitrogens with zero attached hydrogens (tertiary/aromatic N) is 6. The van der Waals surface area contributed by atoms with Crippen molar-refractivity contribution in [3.63, 3.8) is 0 Å². The first-order valence-corrected chi connectivity index (χ1v) is 9.29. The van der Waals surface area contributed by atoms with Gasteiger partial charge in [-0.1, -0.05) is 6.07 Å². The molecular weight excluding hydrogens is 358 g/mol. The molecule has 0 aliphatic carbocycles. The first-order valence-electron chi connectivity index (χ1n) is 9.29. The molecule has 1 aliphatic heterocycles. The molecule has 1 aliphatic rings. The Balaban J connectivity index is 1.43. The van der Waals surface area contributed by atoms with Gasteiger partial charge in [-0.2, -0.15) is 10.2 Å². The van der Waals surface area contributed by atoms with Crippen molar-refractivity contribution >= 4 is 11.8 Å². The molecule has 4 heterocycles. The number of amides is 2. The lowest BCUT2D eigenvalue weighted by Gasteiger charge is -2.24. The highest BCUT2D eigenvalue weighted by Gasteiger charge is 2.24. The van der Waals surface area contributed by atoms with Crippen molar-refractivity contribution in [2.45, 2.75) is 19.1 Å². The lowest BCUT2D eigenvalue weighted by atomic mass is 10.3. The van der Waals surface area contributed by atoms with E-state index < -0.39 is 0 Å². The van der Waals surface area contributed by atoms with Crippen LogP contribution in [0.3, 0.4) is 0 Å². The van der Waals surface area contributed by atoms with E-state index in [-0.39, 0.29) is 12.1 Å². The molecule has 0 bridgehead atoms. The molecule has 0 spiro atoms. The molecule has 1 atom stereocenters. The molecule has 0 saturated carbocycles. The van der Waals surface area contributed by atoms with Gasteiger partial charge in [-0.25, -0.2) is 4.79 Å². The minimum Gasteiger partial charge on any atom is -0.374 e. The molecular formula is C19H23N7O2. The lowest BCUT2D eigenvalue weighted by molar-refractivity contribution is 0.0442. The molecule has 9 nitrogen and oxygen atoms in total. The van der Waals surface area contributed by atoms with Gasteiger partial charge in [0.1, 0.15) is 11.5 Å². The quantitative estimate of drug-likeness (QED) is 0.747. The maximum absolute atomic E-state index is 12.8. The number of nitrogens with one attached hydrogen (secondary N) is 1. The molecule has 1 saturated heterocycles. The number of ether oxygens (including phenoxy) is 1. The molecule has 3 aromatic heterocycles. The zero-order valence-electron chi connectivity index (χ0n) is 15.7. The second-order valence-corrected chi connectivity index (χ2v) is 6.70. The number of aromatic nitrogens is 5. The number of aryl methyl sites for hydroxylation is 1. The average molecular weight is 381 g/mol. The van der Waals surface area contributed by atoms with Crippen LogP contribution >= 0.6 is 0 Å². The van der Waals surface area contributed by atoms with Crippen molar-refractivity contribution in [1.82, 2.24) is 29.4 Å². The normalized spacial score (nSPS) is 17.3. The van der Waals surface area contributed by atoms with Crippen LogP contribution in [0.25, 0.3) is 11.4 Å². The summed E-state index contributed by atoms with van der Waals surface area (Å²) < 4.78 is 9.36. The van der Waals surface area contributed by atoms with E-state index in [0.717, 1.165) is 12.1 Å². The van der Waals surface area contributed by atoms with Crippen LogP contribution in [-0.2, 0) is 18.3 Å². The van der Waals surface area contributed by atoms with Gasteiger partial charge in [0.15, 0.2) is 0 Å². The highest BCUT2D eigenvalue weighted by Crippen LogP contribution is 2.19. The summed E-state index contributed by atoms with van der Waals surface area (Å²) >= 11 is 0.